The van der Waals surface area contributed by atoms with Gasteiger partial charge in [0, 0.05) is 0 Å². The zero-order valence-electron chi connectivity index (χ0n) is 13.6. The molecule has 0 aliphatic carbocycles. The average Bonchev–Trinajstić information content (AvgIpc) is 3.06. The molecule has 0 N–H and O–H groups in total. The zero-order chi connectivity index (χ0) is 17.1. The second-order valence-electron chi connectivity index (χ2n) is 5.54. The van der Waals surface area contributed by atoms with Gasteiger partial charge in [-0.15, -0.1) is 0 Å². The third kappa shape index (κ3) is 3.28. The predicted molar refractivity (Wildman–Crippen MR) is 98.3 cm³/mol. The summed E-state index contributed by atoms with van der Waals surface area (Å²) in [5.74, 6) is -1.52. The van der Waals surface area contributed by atoms with Crippen molar-refractivity contribution in [3.63, 3.8) is 0 Å². The third-order valence-electron chi connectivity index (χ3n) is 3.98. The van der Waals surface area contributed by atoms with Crippen LogP contribution in [-0.4, -0.2) is 14.5 Å². The fourth-order valence-electron chi connectivity index (χ4n) is 2.63. The SMILES string of the molecule is C/C=C/c1ccc(-c2ccc(-c3ccc(CC)cc3)c(F)c2F)[se]1. The molecule has 3 rings (SSSR count). The van der Waals surface area contributed by atoms with E-state index in [1.165, 1.54) is 10.0 Å². The fraction of sp³-hybridized carbons (Fsp3) is 0.143. The molecule has 0 radical (unpaired) electrons. The van der Waals surface area contributed by atoms with Crippen LogP contribution in [0.25, 0.3) is 27.2 Å². The Morgan fingerprint density at radius 3 is 2.21 bits per heavy atom. The first-order valence-corrected chi connectivity index (χ1v) is 9.65. The molecule has 1 aromatic heterocycles. The second-order valence-corrected chi connectivity index (χ2v) is 7.88. The number of allylic oxidation sites excluding steroid dienone is 1. The van der Waals surface area contributed by atoms with Crippen LogP contribution in [-0.2, 0) is 6.42 Å². The van der Waals surface area contributed by atoms with Crippen molar-refractivity contribution in [1.29, 1.82) is 0 Å². The molecular formula is C21H18F2Se. The van der Waals surface area contributed by atoms with Gasteiger partial charge in [-0.25, -0.2) is 0 Å². The molecule has 0 spiro atoms. The predicted octanol–water partition coefficient (Wildman–Crippen LogP) is 5.95. The summed E-state index contributed by atoms with van der Waals surface area (Å²) in [4.78, 5) is 0. The fourth-order valence-corrected chi connectivity index (χ4v) is 4.73. The minimum absolute atomic E-state index is 0.0179. The van der Waals surface area contributed by atoms with Crippen LogP contribution >= 0.6 is 0 Å². The summed E-state index contributed by atoms with van der Waals surface area (Å²) < 4.78 is 31.3. The Balaban J connectivity index is 2.01. The minimum atomic E-state index is -0.770. The van der Waals surface area contributed by atoms with E-state index in [4.69, 9.17) is 0 Å². The van der Waals surface area contributed by atoms with E-state index in [1.54, 1.807) is 12.1 Å². The molecule has 0 saturated heterocycles. The number of benzene rings is 2. The zero-order valence-corrected chi connectivity index (χ0v) is 15.4. The van der Waals surface area contributed by atoms with Gasteiger partial charge in [-0.1, -0.05) is 0 Å². The molecule has 0 saturated carbocycles. The number of aryl methyl sites for hydroxylation is 1. The molecule has 3 aromatic rings. The van der Waals surface area contributed by atoms with E-state index in [9.17, 15) is 8.78 Å². The maximum atomic E-state index is 14.6. The molecule has 0 aliphatic rings. The first kappa shape index (κ1) is 16.9. The van der Waals surface area contributed by atoms with Crippen molar-refractivity contribution < 1.29 is 8.78 Å². The van der Waals surface area contributed by atoms with Crippen LogP contribution in [0.5, 0.6) is 0 Å². The molecule has 0 fully saturated rings. The Morgan fingerprint density at radius 2 is 1.54 bits per heavy atom. The van der Waals surface area contributed by atoms with Crippen molar-refractivity contribution in [3.05, 3.63) is 76.2 Å². The topological polar surface area (TPSA) is 0 Å². The Morgan fingerprint density at radius 1 is 0.875 bits per heavy atom. The average molecular weight is 387 g/mol. The summed E-state index contributed by atoms with van der Waals surface area (Å²) in [6.07, 6.45) is 4.90. The summed E-state index contributed by atoms with van der Waals surface area (Å²) in [6, 6.07) is 14.8. The van der Waals surface area contributed by atoms with Crippen LogP contribution in [0, 0.1) is 11.6 Å². The van der Waals surface area contributed by atoms with Crippen LogP contribution in [0.2, 0.25) is 0 Å². The van der Waals surface area contributed by atoms with E-state index in [-0.39, 0.29) is 14.5 Å². The molecule has 0 amide bonds. The second kappa shape index (κ2) is 7.29. The van der Waals surface area contributed by atoms with Crippen LogP contribution in [0.1, 0.15) is 23.8 Å². The van der Waals surface area contributed by atoms with Gasteiger partial charge in [-0.2, -0.15) is 0 Å². The summed E-state index contributed by atoms with van der Waals surface area (Å²) in [5, 5.41) is 0. The van der Waals surface area contributed by atoms with Gasteiger partial charge >= 0.3 is 147 Å². The molecule has 1 heterocycles. The van der Waals surface area contributed by atoms with Gasteiger partial charge in [0.05, 0.1) is 0 Å². The van der Waals surface area contributed by atoms with Crippen molar-refractivity contribution in [3.8, 4) is 21.1 Å². The summed E-state index contributed by atoms with van der Waals surface area (Å²) in [6.45, 7) is 4.02. The normalized spacial score (nSPS) is 11.3. The third-order valence-corrected chi connectivity index (χ3v) is 6.25. The van der Waals surface area contributed by atoms with Crippen LogP contribution in [0.15, 0.2) is 54.6 Å². The molecule has 0 bridgehead atoms. The summed E-state index contributed by atoms with van der Waals surface area (Å²) in [5.41, 5.74) is 2.57. The van der Waals surface area contributed by atoms with Crippen molar-refractivity contribution >= 4 is 20.6 Å². The Hall–Kier alpha value is -1.96. The van der Waals surface area contributed by atoms with Gasteiger partial charge in [0.15, 0.2) is 0 Å². The number of halogens is 2. The van der Waals surface area contributed by atoms with E-state index >= 15 is 0 Å². The van der Waals surface area contributed by atoms with Crippen molar-refractivity contribution in [2.24, 2.45) is 0 Å². The van der Waals surface area contributed by atoms with Crippen molar-refractivity contribution in [1.82, 2.24) is 0 Å². The maximum absolute atomic E-state index is 14.6. The molecule has 0 unspecified atom stereocenters. The molecule has 24 heavy (non-hydrogen) atoms. The first-order valence-electron chi connectivity index (χ1n) is 7.94. The van der Waals surface area contributed by atoms with E-state index in [0.29, 0.717) is 16.7 Å². The van der Waals surface area contributed by atoms with E-state index in [2.05, 4.69) is 6.92 Å². The Bertz CT molecular complexity index is 873. The quantitative estimate of drug-likeness (QED) is 0.485. The van der Waals surface area contributed by atoms with Crippen molar-refractivity contribution in [2.75, 3.05) is 0 Å². The Kier molecular flexibility index (Phi) is 5.13. The van der Waals surface area contributed by atoms with Gasteiger partial charge in [-0.3, -0.25) is 0 Å². The molecule has 0 aliphatic heterocycles. The summed E-state index contributed by atoms with van der Waals surface area (Å²) in [7, 11) is 0. The van der Waals surface area contributed by atoms with E-state index in [1.807, 2.05) is 55.5 Å². The molecular weight excluding hydrogens is 369 g/mol. The molecule has 2 aromatic carbocycles. The van der Waals surface area contributed by atoms with Gasteiger partial charge in [0.25, 0.3) is 0 Å². The monoisotopic (exact) mass is 388 g/mol. The van der Waals surface area contributed by atoms with E-state index in [0.717, 1.165) is 10.9 Å². The number of rotatable bonds is 4. The van der Waals surface area contributed by atoms with E-state index < -0.39 is 11.6 Å². The van der Waals surface area contributed by atoms with Gasteiger partial charge < -0.3 is 0 Å². The van der Waals surface area contributed by atoms with Gasteiger partial charge in [-0.05, 0) is 0 Å². The molecule has 0 atom stereocenters. The Labute approximate surface area is 147 Å². The molecule has 122 valence electrons. The number of hydrogen-bond donors (Lipinski definition) is 0. The first-order chi connectivity index (χ1) is 11.6. The van der Waals surface area contributed by atoms with Crippen LogP contribution in [0.3, 0.4) is 0 Å². The number of hydrogen-bond acceptors (Lipinski definition) is 0. The van der Waals surface area contributed by atoms with Crippen molar-refractivity contribution in [2.45, 2.75) is 20.3 Å². The van der Waals surface area contributed by atoms with Crippen LogP contribution < -0.4 is 0 Å². The molecule has 3 heteroatoms. The summed E-state index contributed by atoms with van der Waals surface area (Å²) >= 11 is 0.0179. The van der Waals surface area contributed by atoms with Gasteiger partial charge in [0.1, 0.15) is 0 Å². The molecule has 0 nitrogen and oxygen atoms in total. The standard InChI is InChI=1S/C21H18F2Se/c1-3-5-16-10-13-19(24-16)18-12-11-17(20(22)21(18)23)15-8-6-14(4-2)7-9-15/h3,5-13H,4H2,1-2H3/b5-3+. The van der Waals surface area contributed by atoms with Gasteiger partial charge in [0.2, 0.25) is 0 Å². The van der Waals surface area contributed by atoms with Crippen LogP contribution in [0.4, 0.5) is 8.78 Å².